The van der Waals surface area contributed by atoms with Gasteiger partial charge in [-0.3, -0.25) is 4.79 Å². The molecule has 0 bridgehead atoms. The highest BCUT2D eigenvalue weighted by Gasteiger charge is 2.09. The summed E-state index contributed by atoms with van der Waals surface area (Å²) in [6.45, 7) is 1.67. The molecule has 1 amide bonds. The molecule has 0 unspecified atom stereocenters. The average Bonchev–Trinajstić information content (AvgIpc) is 2.55. The summed E-state index contributed by atoms with van der Waals surface area (Å²) in [4.78, 5) is 22.2. The minimum atomic E-state index is -1.03. The van der Waals surface area contributed by atoms with E-state index >= 15 is 0 Å². The summed E-state index contributed by atoms with van der Waals surface area (Å²) >= 11 is 0. The second-order valence-electron chi connectivity index (χ2n) is 5.46. The molecule has 2 rings (SSSR count). The fourth-order valence-electron chi connectivity index (χ4n) is 1.91. The van der Waals surface area contributed by atoms with Gasteiger partial charge in [0.05, 0.1) is 5.56 Å². The van der Waals surface area contributed by atoms with Gasteiger partial charge in [-0.25, -0.2) is 18.7 Å². The molecule has 128 valence electrons. The van der Waals surface area contributed by atoms with Gasteiger partial charge < -0.3 is 15.5 Å². The van der Waals surface area contributed by atoms with Gasteiger partial charge in [0, 0.05) is 30.7 Å². The van der Waals surface area contributed by atoms with Gasteiger partial charge in [-0.1, -0.05) is 0 Å². The van der Waals surface area contributed by atoms with E-state index in [0.29, 0.717) is 5.95 Å². The van der Waals surface area contributed by atoms with Crippen LogP contribution in [0.2, 0.25) is 0 Å². The molecule has 2 aromatic rings. The van der Waals surface area contributed by atoms with Gasteiger partial charge in [0.25, 0.3) is 5.91 Å². The molecule has 0 radical (unpaired) electrons. The van der Waals surface area contributed by atoms with E-state index in [0.717, 1.165) is 31.6 Å². The minimum absolute atomic E-state index is 0.157. The SMILES string of the molecule is CN(C)CCCNc1ncc(C(=O)Nc2ccc(F)c(F)c2)cn1. The zero-order chi connectivity index (χ0) is 17.5. The van der Waals surface area contributed by atoms with Gasteiger partial charge in [-0.05, 0) is 39.2 Å². The van der Waals surface area contributed by atoms with Crippen molar-refractivity contribution in [3.8, 4) is 0 Å². The minimum Gasteiger partial charge on any atom is -0.354 e. The summed E-state index contributed by atoms with van der Waals surface area (Å²) in [7, 11) is 3.99. The molecule has 0 saturated heterocycles. The Kier molecular flexibility index (Phi) is 6.14. The molecular formula is C16H19F2N5O. The van der Waals surface area contributed by atoms with Crippen LogP contribution in [-0.2, 0) is 0 Å². The Morgan fingerprint density at radius 2 is 1.88 bits per heavy atom. The Labute approximate surface area is 138 Å². The van der Waals surface area contributed by atoms with Crippen LogP contribution in [0.4, 0.5) is 20.4 Å². The summed E-state index contributed by atoms with van der Waals surface area (Å²) in [5, 5.41) is 5.52. The number of anilines is 2. The van der Waals surface area contributed by atoms with Crippen LogP contribution in [0, 0.1) is 11.6 Å². The molecule has 0 saturated carbocycles. The molecule has 1 aromatic heterocycles. The average molecular weight is 335 g/mol. The van der Waals surface area contributed by atoms with Gasteiger partial charge in [0.2, 0.25) is 5.95 Å². The second kappa shape index (κ2) is 8.30. The van der Waals surface area contributed by atoms with Crippen LogP contribution in [0.3, 0.4) is 0 Å². The normalized spacial score (nSPS) is 10.7. The number of hydrogen-bond acceptors (Lipinski definition) is 5. The molecule has 6 nitrogen and oxygen atoms in total. The Morgan fingerprint density at radius 1 is 1.17 bits per heavy atom. The second-order valence-corrected chi connectivity index (χ2v) is 5.46. The van der Waals surface area contributed by atoms with E-state index in [4.69, 9.17) is 0 Å². The number of hydrogen-bond donors (Lipinski definition) is 2. The molecular weight excluding hydrogens is 316 g/mol. The van der Waals surface area contributed by atoms with Crippen molar-refractivity contribution in [1.29, 1.82) is 0 Å². The topological polar surface area (TPSA) is 70.2 Å². The van der Waals surface area contributed by atoms with Crippen LogP contribution < -0.4 is 10.6 Å². The van der Waals surface area contributed by atoms with Crippen LogP contribution in [0.5, 0.6) is 0 Å². The van der Waals surface area contributed by atoms with Crippen LogP contribution in [0.15, 0.2) is 30.6 Å². The van der Waals surface area contributed by atoms with Gasteiger partial charge in [0.1, 0.15) is 0 Å². The third-order valence-electron chi connectivity index (χ3n) is 3.16. The Hall–Kier alpha value is -2.61. The number of carbonyl (C=O) groups excluding carboxylic acids is 1. The lowest BCUT2D eigenvalue weighted by atomic mass is 10.2. The largest absolute Gasteiger partial charge is 0.354 e. The van der Waals surface area contributed by atoms with Gasteiger partial charge in [-0.15, -0.1) is 0 Å². The molecule has 0 fully saturated rings. The summed E-state index contributed by atoms with van der Waals surface area (Å²) in [6.07, 6.45) is 3.68. The van der Waals surface area contributed by atoms with Crippen molar-refractivity contribution in [2.75, 3.05) is 37.8 Å². The molecule has 2 N–H and O–H groups in total. The molecule has 0 spiro atoms. The van der Waals surface area contributed by atoms with E-state index in [-0.39, 0.29) is 11.3 Å². The first-order valence-corrected chi connectivity index (χ1v) is 7.43. The standard InChI is InChI=1S/C16H19F2N5O/c1-23(2)7-3-6-19-16-20-9-11(10-21-16)15(24)22-12-4-5-13(17)14(18)8-12/h4-5,8-10H,3,6-7H2,1-2H3,(H,22,24)(H,19,20,21). The summed E-state index contributed by atoms with van der Waals surface area (Å²) in [5.74, 6) is -2.07. The molecule has 0 aliphatic heterocycles. The third-order valence-corrected chi connectivity index (χ3v) is 3.16. The summed E-state index contributed by atoms with van der Waals surface area (Å²) in [5.41, 5.74) is 0.378. The quantitative estimate of drug-likeness (QED) is 0.760. The maximum absolute atomic E-state index is 13.1. The molecule has 0 aliphatic rings. The van der Waals surface area contributed by atoms with Gasteiger partial charge in [-0.2, -0.15) is 0 Å². The lowest BCUT2D eigenvalue weighted by molar-refractivity contribution is 0.102. The molecule has 1 heterocycles. The van der Waals surface area contributed by atoms with Crippen LogP contribution in [0.1, 0.15) is 16.8 Å². The predicted molar refractivity (Wildman–Crippen MR) is 88.0 cm³/mol. The van der Waals surface area contributed by atoms with E-state index in [9.17, 15) is 13.6 Å². The van der Waals surface area contributed by atoms with Crippen molar-refractivity contribution in [3.05, 3.63) is 47.8 Å². The van der Waals surface area contributed by atoms with Crippen molar-refractivity contribution < 1.29 is 13.6 Å². The highest BCUT2D eigenvalue weighted by molar-refractivity contribution is 6.03. The Balaban J connectivity index is 1.89. The van der Waals surface area contributed by atoms with Gasteiger partial charge >= 0.3 is 0 Å². The molecule has 0 atom stereocenters. The smallest absolute Gasteiger partial charge is 0.258 e. The lowest BCUT2D eigenvalue weighted by Crippen LogP contribution is -2.17. The lowest BCUT2D eigenvalue weighted by Gasteiger charge is -2.10. The number of rotatable bonds is 7. The molecule has 0 aliphatic carbocycles. The maximum Gasteiger partial charge on any atom is 0.258 e. The molecule has 8 heteroatoms. The van der Waals surface area contributed by atoms with Crippen molar-refractivity contribution in [2.24, 2.45) is 0 Å². The zero-order valence-corrected chi connectivity index (χ0v) is 13.5. The number of amides is 1. The molecule has 1 aromatic carbocycles. The number of carbonyl (C=O) groups is 1. The maximum atomic E-state index is 13.1. The van der Waals surface area contributed by atoms with Crippen molar-refractivity contribution in [1.82, 2.24) is 14.9 Å². The van der Waals surface area contributed by atoms with E-state index in [1.165, 1.54) is 18.5 Å². The number of benzene rings is 1. The number of nitrogens with zero attached hydrogens (tertiary/aromatic N) is 3. The first-order chi connectivity index (χ1) is 11.5. The van der Waals surface area contributed by atoms with Crippen LogP contribution >= 0.6 is 0 Å². The Bertz CT molecular complexity index is 691. The van der Waals surface area contributed by atoms with Crippen molar-refractivity contribution in [2.45, 2.75) is 6.42 Å². The fourth-order valence-corrected chi connectivity index (χ4v) is 1.91. The zero-order valence-electron chi connectivity index (χ0n) is 13.5. The highest BCUT2D eigenvalue weighted by Crippen LogP contribution is 2.14. The Morgan fingerprint density at radius 3 is 2.50 bits per heavy atom. The van der Waals surface area contributed by atoms with E-state index < -0.39 is 17.5 Å². The highest BCUT2D eigenvalue weighted by atomic mass is 19.2. The van der Waals surface area contributed by atoms with Crippen LogP contribution in [0.25, 0.3) is 0 Å². The first kappa shape index (κ1) is 17.7. The number of nitrogens with one attached hydrogen (secondary N) is 2. The van der Waals surface area contributed by atoms with Crippen molar-refractivity contribution >= 4 is 17.5 Å². The molecule has 24 heavy (non-hydrogen) atoms. The summed E-state index contributed by atoms with van der Waals surface area (Å²) in [6, 6.07) is 3.13. The van der Waals surface area contributed by atoms with Crippen molar-refractivity contribution in [3.63, 3.8) is 0 Å². The monoisotopic (exact) mass is 335 g/mol. The van der Waals surface area contributed by atoms with Crippen LogP contribution in [-0.4, -0.2) is 48.0 Å². The van der Waals surface area contributed by atoms with E-state index in [1.807, 2.05) is 14.1 Å². The van der Waals surface area contributed by atoms with E-state index in [2.05, 4.69) is 25.5 Å². The first-order valence-electron chi connectivity index (χ1n) is 7.43. The fraction of sp³-hybridized carbons (Fsp3) is 0.312. The van der Waals surface area contributed by atoms with Gasteiger partial charge in [0.15, 0.2) is 11.6 Å². The third kappa shape index (κ3) is 5.24. The van der Waals surface area contributed by atoms with E-state index in [1.54, 1.807) is 0 Å². The number of aromatic nitrogens is 2. The summed E-state index contributed by atoms with van der Waals surface area (Å²) < 4.78 is 26.0. The predicted octanol–water partition coefficient (Wildman–Crippen LogP) is 2.37. The number of halogens is 2.